The fraction of sp³-hybridized carbons (Fsp3) is 0.909. The maximum atomic E-state index is 11.2. The number of carbonyl (C=O) groups is 1. The van der Waals surface area contributed by atoms with Crippen LogP contribution in [0.25, 0.3) is 0 Å². The molecule has 1 saturated heterocycles. The highest BCUT2D eigenvalue weighted by atomic mass is 16.5. The number of ether oxygens (including phenoxy) is 1. The van der Waals surface area contributed by atoms with E-state index in [-0.39, 0.29) is 12.1 Å². The third kappa shape index (κ3) is 3.09. The Morgan fingerprint density at radius 1 is 1.50 bits per heavy atom. The number of amides is 1. The molecule has 0 aromatic rings. The van der Waals surface area contributed by atoms with Crippen molar-refractivity contribution in [3.8, 4) is 0 Å². The summed E-state index contributed by atoms with van der Waals surface area (Å²) < 4.78 is 4.60. The molecule has 0 radical (unpaired) electrons. The normalized spacial score (nSPS) is 31.5. The smallest absolute Gasteiger partial charge is 0.407 e. The van der Waals surface area contributed by atoms with Gasteiger partial charge in [-0.05, 0) is 19.8 Å². The van der Waals surface area contributed by atoms with Gasteiger partial charge >= 0.3 is 6.09 Å². The number of likely N-dealkylation sites (tertiary alicyclic amines) is 1. The number of carbonyl (C=O) groups excluding carboxylic acids is 1. The highest BCUT2D eigenvalue weighted by Crippen LogP contribution is 2.18. The SMILES string of the molecule is COC(=O)NC1C(C)CN(C(C)C)CC1N. The second-order valence-electron chi connectivity index (χ2n) is 4.85. The number of rotatable bonds is 2. The average molecular weight is 229 g/mol. The highest BCUT2D eigenvalue weighted by Gasteiger charge is 2.34. The van der Waals surface area contributed by atoms with Gasteiger partial charge < -0.3 is 15.8 Å². The van der Waals surface area contributed by atoms with Crippen molar-refractivity contribution < 1.29 is 9.53 Å². The average Bonchev–Trinajstić information content (AvgIpc) is 2.22. The lowest BCUT2D eigenvalue weighted by Crippen LogP contribution is -2.62. The Hall–Kier alpha value is -0.810. The van der Waals surface area contributed by atoms with Crippen molar-refractivity contribution >= 4 is 6.09 Å². The third-order valence-corrected chi connectivity index (χ3v) is 3.24. The number of alkyl carbamates (subject to hydrolysis) is 1. The van der Waals surface area contributed by atoms with E-state index in [1.807, 2.05) is 0 Å². The molecule has 5 heteroatoms. The van der Waals surface area contributed by atoms with E-state index in [2.05, 4.69) is 35.7 Å². The van der Waals surface area contributed by atoms with E-state index in [0.29, 0.717) is 12.0 Å². The molecule has 3 N–H and O–H groups in total. The maximum absolute atomic E-state index is 11.2. The Morgan fingerprint density at radius 3 is 2.56 bits per heavy atom. The second kappa shape index (κ2) is 5.50. The van der Waals surface area contributed by atoms with Crippen LogP contribution < -0.4 is 11.1 Å². The minimum absolute atomic E-state index is 0.00227. The molecular weight excluding hydrogens is 206 g/mol. The molecule has 0 aromatic heterocycles. The first-order valence-electron chi connectivity index (χ1n) is 5.79. The zero-order chi connectivity index (χ0) is 12.3. The minimum Gasteiger partial charge on any atom is -0.453 e. The Balaban J connectivity index is 2.58. The van der Waals surface area contributed by atoms with Gasteiger partial charge in [-0.2, -0.15) is 0 Å². The fourth-order valence-corrected chi connectivity index (χ4v) is 2.23. The van der Waals surface area contributed by atoms with Crippen LogP contribution in [0.5, 0.6) is 0 Å². The number of nitrogens with one attached hydrogen (secondary N) is 1. The number of nitrogens with two attached hydrogens (primary N) is 1. The van der Waals surface area contributed by atoms with Gasteiger partial charge in [-0.15, -0.1) is 0 Å². The Morgan fingerprint density at radius 2 is 2.12 bits per heavy atom. The van der Waals surface area contributed by atoms with Crippen molar-refractivity contribution in [2.75, 3.05) is 20.2 Å². The van der Waals surface area contributed by atoms with Gasteiger partial charge in [-0.25, -0.2) is 4.79 Å². The summed E-state index contributed by atoms with van der Waals surface area (Å²) in [6.07, 6.45) is -0.398. The summed E-state index contributed by atoms with van der Waals surface area (Å²) in [5.41, 5.74) is 6.09. The van der Waals surface area contributed by atoms with Gasteiger partial charge in [0, 0.05) is 25.2 Å². The molecule has 3 atom stereocenters. The molecule has 0 bridgehead atoms. The summed E-state index contributed by atoms with van der Waals surface area (Å²) in [4.78, 5) is 13.5. The van der Waals surface area contributed by atoms with E-state index >= 15 is 0 Å². The zero-order valence-electron chi connectivity index (χ0n) is 10.6. The summed E-state index contributed by atoms with van der Waals surface area (Å²) in [5, 5.41) is 2.81. The number of hydrogen-bond acceptors (Lipinski definition) is 4. The lowest BCUT2D eigenvalue weighted by molar-refractivity contribution is 0.0942. The van der Waals surface area contributed by atoms with Crippen LogP contribution in [-0.4, -0.2) is 49.3 Å². The quantitative estimate of drug-likeness (QED) is 0.719. The summed E-state index contributed by atoms with van der Waals surface area (Å²) in [6.45, 7) is 8.20. The van der Waals surface area contributed by atoms with Crippen molar-refractivity contribution in [1.82, 2.24) is 10.2 Å². The molecule has 3 unspecified atom stereocenters. The molecule has 1 aliphatic heterocycles. The van der Waals surface area contributed by atoms with E-state index in [0.717, 1.165) is 13.1 Å². The summed E-state index contributed by atoms with van der Waals surface area (Å²) >= 11 is 0. The first kappa shape index (κ1) is 13.3. The molecule has 1 fully saturated rings. The van der Waals surface area contributed by atoms with Gasteiger partial charge in [0.2, 0.25) is 0 Å². The van der Waals surface area contributed by atoms with Crippen LogP contribution in [0, 0.1) is 5.92 Å². The predicted octanol–water partition coefficient (Wildman–Crippen LogP) is 0.398. The third-order valence-electron chi connectivity index (χ3n) is 3.24. The molecule has 94 valence electrons. The monoisotopic (exact) mass is 229 g/mol. The molecule has 0 saturated carbocycles. The van der Waals surface area contributed by atoms with E-state index in [9.17, 15) is 4.79 Å². The highest BCUT2D eigenvalue weighted by molar-refractivity contribution is 5.67. The van der Waals surface area contributed by atoms with Crippen LogP contribution in [0.15, 0.2) is 0 Å². The van der Waals surface area contributed by atoms with Gasteiger partial charge in [-0.1, -0.05) is 6.92 Å². The van der Waals surface area contributed by atoms with Crippen LogP contribution in [0.1, 0.15) is 20.8 Å². The van der Waals surface area contributed by atoms with Gasteiger partial charge in [0.05, 0.1) is 13.2 Å². The summed E-state index contributed by atoms with van der Waals surface area (Å²) in [6, 6.07) is 0.459. The predicted molar refractivity (Wildman–Crippen MR) is 63.2 cm³/mol. The molecular formula is C11H23N3O2. The Bertz CT molecular complexity index is 233. The number of methoxy groups -OCH3 is 1. The van der Waals surface area contributed by atoms with Crippen LogP contribution in [0.3, 0.4) is 0 Å². The van der Waals surface area contributed by atoms with E-state index < -0.39 is 6.09 Å². The van der Waals surface area contributed by atoms with Crippen LogP contribution >= 0.6 is 0 Å². The van der Waals surface area contributed by atoms with Crippen LogP contribution in [-0.2, 0) is 4.74 Å². The fourth-order valence-electron chi connectivity index (χ4n) is 2.23. The second-order valence-corrected chi connectivity index (χ2v) is 4.85. The molecule has 0 spiro atoms. The maximum Gasteiger partial charge on any atom is 0.407 e. The van der Waals surface area contributed by atoms with E-state index in [1.165, 1.54) is 7.11 Å². The van der Waals surface area contributed by atoms with Crippen LogP contribution in [0.4, 0.5) is 4.79 Å². The summed E-state index contributed by atoms with van der Waals surface area (Å²) in [5.74, 6) is 0.338. The van der Waals surface area contributed by atoms with Gasteiger partial charge in [0.25, 0.3) is 0 Å². The van der Waals surface area contributed by atoms with Crippen molar-refractivity contribution in [2.45, 2.75) is 38.9 Å². The largest absolute Gasteiger partial charge is 0.453 e. The molecule has 1 aliphatic rings. The topological polar surface area (TPSA) is 67.6 Å². The first-order valence-corrected chi connectivity index (χ1v) is 5.79. The van der Waals surface area contributed by atoms with Crippen molar-refractivity contribution in [3.05, 3.63) is 0 Å². The Kier molecular flexibility index (Phi) is 4.56. The Labute approximate surface area is 97.3 Å². The van der Waals surface area contributed by atoms with Crippen molar-refractivity contribution in [2.24, 2.45) is 11.7 Å². The zero-order valence-corrected chi connectivity index (χ0v) is 10.6. The van der Waals surface area contributed by atoms with Gasteiger partial charge in [0.1, 0.15) is 0 Å². The summed E-state index contributed by atoms with van der Waals surface area (Å²) in [7, 11) is 1.37. The lowest BCUT2D eigenvalue weighted by Gasteiger charge is -2.42. The molecule has 1 amide bonds. The lowest BCUT2D eigenvalue weighted by atomic mass is 9.89. The minimum atomic E-state index is -0.398. The molecule has 5 nitrogen and oxygen atoms in total. The molecule has 1 rings (SSSR count). The molecule has 0 aliphatic carbocycles. The van der Waals surface area contributed by atoms with Crippen molar-refractivity contribution in [1.29, 1.82) is 0 Å². The molecule has 16 heavy (non-hydrogen) atoms. The standard InChI is InChI=1S/C11H23N3O2/c1-7(2)14-5-8(3)10(9(12)6-14)13-11(15)16-4/h7-10H,5-6,12H2,1-4H3,(H,13,15). The van der Waals surface area contributed by atoms with Crippen molar-refractivity contribution in [3.63, 3.8) is 0 Å². The van der Waals surface area contributed by atoms with E-state index in [1.54, 1.807) is 0 Å². The van der Waals surface area contributed by atoms with Gasteiger partial charge in [0.15, 0.2) is 0 Å². The van der Waals surface area contributed by atoms with Crippen LogP contribution in [0.2, 0.25) is 0 Å². The number of hydrogen-bond donors (Lipinski definition) is 2. The molecule has 1 heterocycles. The number of piperidine rings is 1. The molecule has 0 aromatic carbocycles. The van der Waals surface area contributed by atoms with E-state index in [4.69, 9.17) is 5.73 Å². The van der Waals surface area contributed by atoms with Gasteiger partial charge in [-0.3, -0.25) is 4.90 Å². The number of nitrogens with zero attached hydrogens (tertiary/aromatic N) is 1. The first-order chi connectivity index (χ1) is 7.45.